The first-order valence-electron chi connectivity index (χ1n) is 8.55. The number of hydrogen-bond donors (Lipinski definition) is 1. The molecule has 3 aromatic rings. The van der Waals surface area contributed by atoms with E-state index in [0.29, 0.717) is 5.69 Å². The van der Waals surface area contributed by atoms with Crippen LogP contribution < -0.4 is 5.32 Å². The number of carbonyl (C=O) groups is 2. The number of rotatable bonds is 7. The van der Waals surface area contributed by atoms with Crippen LogP contribution in [0, 0.1) is 6.92 Å². The van der Waals surface area contributed by atoms with Crippen LogP contribution in [0.4, 0.5) is 5.88 Å². The largest absolute Gasteiger partial charge is 0.457 e. The van der Waals surface area contributed by atoms with E-state index < -0.39 is 33.6 Å². The maximum absolute atomic E-state index is 12.5. The third kappa shape index (κ3) is 4.91. The summed E-state index contributed by atoms with van der Waals surface area (Å²) in [6.07, 6.45) is 0.00525. The van der Waals surface area contributed by atoms with Crippen molar-refractivity contribution in [1.82, 2.24) is 5.16 Å². The molecule has 0 aliphatic rings. The molecule has 0 radical (unpaired) electrons. The molecule has 0 bridgehead atoms. The van der Waals surface area contributed by atoms with Gasteiger partial charge in [0.1, 0.15) is 0 Å². The molecule has 10 heteroatoms. The van der Waals surface area contributed by atoms with Crippen molar-refractivity contribution in [3.8, 4) is 0 Å². The van der Waals surface area contributed by atoms with E-state index >= 15 is 0 Å². The van der Waals surface area contributed by atoms with Crippen molar-refractivity contribution >= 4 is 27.6 Å². The minimum Gasteiger partial charge on any atom is -0.457 e. The quantitative estimate of drug-likeness (QED) is 0.580. The molecule has 1 atom stereocenters. The summed E-state index contributed by atoms with van der Waals surface area (Å²) < 4.78 is 40.1. The lowest BCUT2D eigenvalue weighted by molar-refractivity contribution is -0.124. The van der Waals surface area contributed by atoms with Gasteiger partial charge in [0.2, 0.25) is 11.6 Å². The summed E-state index contributed by atoms with van der Waals surface area (Å²) in [5, 5.41) is 6.05. The molecule has 0 spiro atoms. The minimum absolute atomic E-state index is 0.114. The molecule has 29 heavy (non-hydrogen) atoms. The number of nitrogens with one attached hydrogen (secondary N) is 1. The number of carbonyl (C=O) groups excluding carboxylic acids is 2. The zero-order valence-corrected chi connectivity index (χ0v) is 16.4. The molecule has 0 fully saturated rings. The fourth-order valence-corrected chi connectivity index (χ4v) is 3.83. The Labute approximate surface area is 166 Å². The first-order chi connectivity index (χ1) is 13.8. The number of aryl methyl sites for hydroxylation is 1. The van der Waals surface area contributed by atoms with Crippen molar-refractivity contribution in [2.24, 2.45) is 0 Å². The molecule has 2 heterocycles. The summed E-state index contributed by atoms with van der Waals surface area (Å²) in [6, 6.07) is 10.7. The maximum Gasteiger partial charge on any atom is 0.375 e. The standard InChI is InChI=1S/C19H18N2O7S/c1-12-10-16(28-21-12)20-18(22)13(2)27-19(23)17-14(8-9-26-17)11-29(24,25)15-6-4-3-5-7-15/h3-10,13H,11H2,1-2H3,(H,20,22). The third-order valence-corrected chi connectivity index (χ3v) is 5.59. The normalized spacial score (nSPS) is 12.3. The van der Waals surface area contributed by atoms with Crippen LogP contribution in [0.15, 0.2) is 62.6 Å². The van der Waals surface area contributed by atoms with Crippen molar-refractivity contribution in [1.29, 1.82) is 0 Å². The zero-order chi connectivity index (χ0) is 21.0. The van der Waals surface area contributed by atoms with Crippen LogP contribution in [0.3, 0.4) is 0 Å². The Bertz CT molecular complexity index is 1120. The van der Waals surface area contributed by atoms with Gasteiger partial charge in [-0.15, -0.1) is 0 Å². The van der Waals surface area contributed by atoms with Crippen LogP contribution in [0.2, 0.25) is 0 Å². The molecule has 9 nitrogen and oxygen atoms in total. The van der Waals surface area contributed by atoms with Gasteiger partial charge >= 0.3 is 5.97 Å². The molecule has 2 aromatic heterocycles. The van der Waals surface area contributed by atoms with Crippen molar-refractivity contribution in [2.45, 2.75) is 30.6 Å². The Morgan fingerprint density at radius 2 is 1.93 bits per heavy atom. The second-order valence-electron chi connectivity index (χ2n) is 6.22. The molecule has 1 N–H and O–H groups in total. The van der Waals surface area contributed by atoms with Gasteiger partial charge in [-0.25, -0.2) is 13.2 Å². The maximum atomic E-state index is 12.5. The highest BCUT2D eigenvalue weighted by molar-refractivity contribution is 7.90. The SMILES string of the molecule is Cc1cc(NC(=O)C(C)OC(=O)c2occc2CS(=O)(=O)c2ccccc2)on1. The van der Waals surface area contributed by atoms with E-state index in [1.54, 1.807) is 25.1 Å². The van der Waals surface area contributed by atoms with Crippen LogP contribution in [0.5, 0.6) is 0 Å². The van der Waals surface area contributed by atoms with Gasteiger partial charge < -0.3 is 13.7 Å². The van der Waals surface area contributed by atoms with Gasteiger partial charge in [-0.2, -0.15) is 0 Å². The van der Waals surface area contributed by atoms with Crippen LogP contribution >= 0.6 is 0 Å². The van der Waals surface area contributed by atoms with Crippen LogP contribution in [0.25, 0.3) is 0 Å². The molecular weight excluding hydrogens is 400 g/mol. The Kier molecular flexibility index (Phi) is 5.83. The highest BCUT2D eigenvalue weighted by atomic mass is 32.2. The number of amides is 1. The number of esters is 1. The smallest absolute Gasteiger partial charge is 0.375 e. The van der Waals surface area contributed by atoms with Crippen molar-refractivity contribution in [3.05, 3.63) is 65.7 Å². The first-order valence-corrected chi connectivity index (χ1v) is 10.2. The van der Waals surface area contributed by atoms with Crippen LogP contribution in [-0.2, 0) is 25.1 Å². The van der Waals surface area contributed by atoms with E-state index in [1.807, 2.05) is 0 Å². The summed E-state index contributed by atoms with van der Waals surface area (Å²) >= 11 is 0. The molecular formula is C19H18N2O7S. The summed E-state index contributed by atoms with van der Waals surface area (Å²) in [5.74, 6) is -2.21. The van der Waals surface area contributed by atoms with Crippen molar-refractivity contribution in [3.63, 3.8) is 0 Å². The highest BCUT2D eigenvalue weighted by Crippen LogP contribution is 2.21. The molecule has 0 saturated heterocycles. The zero-order valence-electron chi connectivity index (χ0n) is 15.6. The number of furan rings is 1. The highest BCUT2D eigenvalue weighted by Gasteiger charge is 2.26. The van der Waals surface area contributed by atoms with Gasteiger partial charge in [0.25, 0.3) is 5.91 Å². The Morgan fingerprint density at radius 1 is 1.21 bits per heavy atom. The first kappa shape index (κ1) is 20.3. The monoisotopic (exact) mass is 418 g/mol. The van der Waals surface area contributed by atoms with E-state index in [2.05, 4.69) is 10.5 Å². The Balaban J connectivity index is 1.68. The lowest BCUT2D eigenvalue weighted by atomic mass is 10.3. The number of sulfone groups is 1. The minimum atomic E-state index is -3.69. The van der Waals surface area contributed by atoms with E-state index in [1.165, 1.54) is 37.5 Å². The fraction of sp³-hybridized carbons (Fsp3) is 0.211. The van der Waals surface area contributed by atoms with Gasteiger partial charge in [0.05, 0.1) is 22.6 Å². The lowest BCUT2D eigenvalue weighted by Crippen LogP contribution is -2.30. The van der Waals surface area contributed by atoms with Crippen molar-refractivity contribution < 1.29 is 31.7 Å². The third-order valence-electron chi connectivity index (χ3n) is 3.91. The van der Waals surface area contributed by atoms with Crippen LogP contribution in [0.1, 0.15) is 28.7 Å². The van der Waals surface area contributed by atoms with Crippen molar-refractivity contribution in [2.75, 3.05) is 5.32 Å². The average molecular weight is 418 g/mol. The molecule has 3 rings (SSSR count). The Hall–Kier alpha value is -3.40. The van der Waals surface area contributed by atoms with Crippen LogP contribution in [-0.4, -0.2) is 31.6 Å². The number of anilines is 1. The molecule has 1 unspecified atom stereocenters. The van der Waals surface area contributed by atoms with E-state index in [4.69, 9.17) is 13.7 Å². The number of benzene rings is 1. The topological polar surface area (TPSA) is 129 Å². The predicted molar refractivity (Wildman–Crippen MR) is 101 cm³/mol. The molecule has 0 aliphatic carbocycles. The number of ether oxygens (including phenoxy) is 1. The molecule has 0 aliphatic heterocycles. The van der Waals surface area contributed by atoms with Gasteiger partial charge in [-0.05, 0) is 32.0 Å². The molecule has 152 valence electrons. The average Bonchev–Trinajstić information content (AvgIpc) is 3.30. The lowest BCUT2D eigenvalue weighted by Gasteiger charge is -2.12. The second kappa shape index (κ2) is 8.31. The summed E-state index contributed by atoms with van der Waals surface area (Å²) in [6.45, 7) is 3.05. The fourth-order valence-electron chi connectivity index (χ4n) is 2.46. The number of aromatic nitrogens is 1. The summed E-state index contributed by atoms with van der Waals surface area (Å²) in [4.78, 5) is 24.6. The summed E-state index contributed by atoms with van der Waals surface area (Å²) in [7, 11) is -3.69. The summed E-state index contributed by atoms with van der Waals surface area (Å²) in [5.41, 5.74) is 0.710. The van der Waals surface area contributed by atoms with Gasteiger partial charge in [0, 0.05) is 11.6 Å². The van der Waals surface area contributed by atoms with Gasteiger partial charge in [0.15, 0.2) is 15.9 Å². The number of nitrogens with zero attached hydrogens (tertiary/aromatic N) is 1. The van der Waals surface area contributed by atoms with E-state index in [9.17, 15) is 18.0 Å². The Morgan fingerprint density at radius 3 is 2.59 bits per heavy atom. The van der Waals surface area contributed by atoms with E-state index in [0.717, 1.165) is 0 Å². The molecule has 1 aromatic carbocycles. The second-order valence-corrected chi connectivity index (χ2v) is 8.21. The van der Waals surface area contributed by atoms with Gasteiger partial charge in [-0.3, -0.25) is 10.1 Å². The van der Waals surface area contributed by atoms with E-state index in [-0.39, 0.29) is 22.1 Å². The molecule has 0 saturated carbocycles. The number of hydrogen-bond acceptors (Lipinski definition) is 8. The molecule has 1 amide bonds. The predicted octanol–water partition coefficient (Wildman–Crippen LogP) is 2.73. The van der Waals surface area contributed by atoms with Gasteiger partial charge in [-0.1, -0.05) is 23.4 Å².